The first-order valence-electron chi connectivity index (χ1n) is 11.1. The average Bonchev–Trinajstić information content (AvgIpc) is 3.11. The third-order valence-corrected chi connectivity index (χ3v) is 6.87. The summed E-state index contributed by atoms with van der Waals surface area (Å²) in [5.74, 6) is -0.703. The van der Waals surface area contributed by atoms with Crippen molar-refractivity contribution in [3.05, 3.63) is 75.7 Å². The standard InChI is InChI=1S/C25H22F3N3O4S/c1-16(32)29-10-12-30(13-11-29)22(33)19-6-2-17(3-7-19)14-21-23(34)31(24(35)36-21)15-18-4-8-20(9-5-18)25(26,27)28/h2-9,14H,10-13,15H2,1H3/b21-14-. The largest absolute Gasteiger partial charge is 0.416 e. The number of carbonyl (C=O) groups excluding carboxylic acids is 4. The van der Waals surface area contributed by atoms with Crippen LogP contribution in [0.15, 0.2) is 53.4 Å². The topological polar surface area (TPSA) is 78.0 Å². The van der Waals surface area contributed by atoms with E-state index in [0.29, 0.717) is 42.9 Å². The van der Waals surface area contributed by atoms with Crippen molar-refractivity contribution in [1.82, 2.24) is 14.7 Å². The average molecular weight is 518 g/mol. The summed E-state index contributed by atoms with van der Waals surface area (Å²) in [6.45, 7) is 3.24. The van der Waals surface area contributed by atoms with E-state index < -0.39 is 22.9 Å². The zero-order valence-electron chi connectivity index (χ0n) is 19.2. The first-order chi connectivity index (χ1) is 17.0. The number of alkyl halides is 3. The highest BCUT2D eigenvalue weighted by Crippen LogP contribution is 2.34. The minimum Gasteiger partial charge on any atom is -0.339 e. The summed E-state index contributed by atoms with van der Waals surface area (Å²) in [4.78, 5) is 53.9. The SMILES string of the molecule is CC(=O)N1CCN(C(=O)c2ccc(/C=C3\SC(=O)N(Cc4ccc(C(F)(F)F)cc4)C3=O)cc2)CC1. The van der Waals surface area contributed by atoms with Gasteiger partial charge in [-0.3, -0.25) is 24.1 Å². The van der Waals surface area contributed by atoms with Crippen LogP contribution in [0.5, 0.6) is 0 Å². The number of carbonyl (C=O) groups is 4. The lowest BCUT2D eigenvalue weighted by Crippen LogP contribution is -2.50. The van der Waals surface area contributed by atoms with E-state index in [-0.39, 0.29) is 23.3 Å². The van der Waals surface area contributed by atoms with E-state index in [2.05, 4.69) is 0 Å². The van der Waals surface area contributed by atoms with Gasteiger partial charge >= 0.3 is 6.18 Å². The van der Waals surface area contributed by atoms with E-state index in [0.717, 1.165) is 28.8 Å². The number of hydrogen-bond acceptors (Lipinski definition) is 5. The Hall–Kier alpha value is -3.60. The van der Waals surface area contributed by atoms with Gasteiger partial charge in [0, 0.05) is 38.7 Å². The normalized spacial score (nSPS) is 17.8. The number of imide groups is 1. The summed E-state index contributed by atoms with van der Waals surface area (Å²) in [5.41, 5.74) is 0.686. The molecule has 4 rings (SSSR count). The molecule has 2 aromatic carbocycles. The first kappa shape index (κ1) is 25.5. The Labute approximate surface area is 209 Å². The summed E-state index contributed by atoms with van der Waals surface area (Å²) in [6, 6.07) is 10.9. The van der Waals surface area contributed by atoms with Crippen molar-refractivity contribution in [2.75, 3.05) is 26.2 Å². The molecule has 0 aromatic heterocycles. The number of halogens is 3. The molecule has 0 bridgehead atoms. The molecule has 2 aliphatic rings. The molecule has 0 saturated carbocycles. The first-order valence-corrected chi connectivity index (χ1v) is 11.9. The molecule has 2 aromatic rings. The lowest BCUT2D eigenvalue weighted by Gasteiger charge is -2.34. The summed E-state index contributed by atoms with van der Waals surface area (Å²) >= 11 is 0.750. The van der Waals surface area contributed by atoms with Crippen LogP contribution in [0, 0.1) is 0 Å². The molecule has 188 valence electrons. The van der Waals surface area contributed by atoms with Crippen LogP contribution in [0.25, 0.3) is 6.08 Å². The smallest absolute Gasteiger partial charge is 0.339 e. The van der Waals surface area contributed by atoms with Crippen molar-refractivity contribution < 1.29 is 32.3 Å². The Morgan fingerprint density at radius 2 is 1.50 bits per heavy atom. The second-order valence-corrected chi connectivity index (χ2v) is 9.38. The van der Waals surface area contributed by atoms with E-state index in [1.54, 1.807) is 34.1 Å². The van der Waals surface area contributed by atoms with Gasteiger partial charge in [-0.1, -0.05) is 24.3 Å². The molecule has 0 spiro atoms. The van der Waals surface area contributed by atoms with Gasteiger partial charge in [0.15, 0.2) is 0 Å². The van der Waals surface area contributed by atoms with Gasteiger partial charge < -0.3 is 9.80 Å². The van der Waals surface area contributed by atoms with E-state index in [4.69, 9.17) is 0 Å². The second kappa shape index (κ2) is 10.2. The Kier molecular flexibility index (Phi) is 7.21. The van der Waals surface area contributed by atoms with Crippen molar-refractivity contribution in [2.24, 2.45) is 0 Å². The number of rotatable bonds is 4. The summed E-state index contributed by atoms with van der Waals surface area (Å²) in [7, 11) is 0. The second-order valence-electron chi connectivity index (χ2n) is 8.38. The molecule has 0 aliphatic carbocycles. The van der Waals surface area contributed by atoms with E-state index in [1.165, 1.54) is 25.1 Å². The molecule has 0 atom stereocenters. The maximum Gasteiger partial charge on any atom is 0.416 e. The van der Waals surface area contributed by atoms with Gasteiger partial charge in [-0.25, -0.2) is 0 Å². The van der Waals surface area contributed by atoms with Crippen LogP contribution in [0.1, 0.15) is 34.0 Å². The molecular formula is C25H22F3N3O4S. The van der Waals surface area contributed by atoms with Crippen LogP contribution >= 0.6 is 11.8 Å². The molecule has 2 fully saturated rings. The van der Waals surface area contributed by atoms with Crippen molar-refractivity contribution in [1.29, 1.82) is 0 Å². The predicted molar refractivity (Wildman–Crippen MR) is 128 cm³/mol. The number of amides is 4. The highest BCUT2D eigenvalue weighted by Gasteiger charge is 2.35. The fraction of sp³-hybridized carbons (Fsp3) is 0.280. The van der Waals surface area contributed by atoms with Gasteiger partial charge in [-0.15, -0.1) is 0 Å². The monoisotopic (exact) mass is 517 g/mol. The fourth-order valence-electron chi connectivity index (χ4n) is 3.90. The van der Waals surface area contributed by atoms with Gasteiger partial charge in [-0.2, -0.15) is 13.2 Å². The zero-order valence-corrected chi connectivity index (χ0v) is 20.1. The Balaban J connectivity index is 1.40. The van der Waals surface area contributed by atoms with E-state index in [1.807, 2.05) is 0 Å². The molecule has 7 nitrogen and oxygen atoms in total. The van der Waals surface area contributed by atoms with Crippen LogP contribution in [-0.4, -0.2) is 63.8 Å². The molecule has 0 N–H and O–H groups in total. The molecule has 0 radical (unpaired) electrons. The summed E-state index contributed by atoms with van der Waals surface area (Å²) in [5, 5.41) is -0.511. The van der Waals surface area contributed by atoms with Crippen molar-refractivity contribution in [3.8, 4) is 0 Å². The molecule has 2 heterocycles. The third kappa shape index (κ3) is 5.62. The molecule has 0 unspecified atom stereocenters. The Bertz CT molecular complexity index is 1220. The lowest BCUT2D eigenvalue weighted by molar-refractivity contribution is -0.137. The van der Waals surface area contributed by atoms with Gasteiger partial charge in [0.05, 0.1) is 17.0 Å². The molecule has 2 saturated heterocycles. The van der Waals surface area contributed by atoms with Crippen LogP contribution in [0.3, 0.4) is 0 Å². The van der Waals surface area contributed by atoms with Crippen LogP contribution in [-0.2, 0) is 22.3 Å². The maximum absolute atomic E-state index is 12.8. The van der Waals surface area contributed by atoms with Gasteiger partial charge in [0.1, 0.15) is 0 Å². The highest BCUT2D eigenvalue weighted by molar-refractivity contribution is 8.18. The summed E-state index contributed by atoms with van der Waals surface area (Å²) in [6.07, 6.45) is -2.92. The van der Waals surface area contributed by atoms with Crippen LogP contribution in [0.4, 0.5) is 18.0 Å². The summed E-state index contributed by atoms with van der Waals surface area (Å²) < 4.78 is 38.2. The maximum atomic E-state index is 12.8. The Morgan fingerprint density at radius 3 is 2.06 bits per heavy atom. The highest BCUT2D eigenvalue weighted by atomic mass is 32.2. The van der Waals surface area contributed by atoms with Crippen LogP contribution < -0.4 is 0 Å². The van der Waals surface area contributed by atoms with E-state index >= 15 is 0 Å². The number of benzene rings is 2. The van der Waals surface area contributed by atoms with Gasteiger partial charge in [0.2, 0.25) is 5.91 Å². The van der Waals surface area contributed by atoms with Gasteiger partial charge in [-0.05, 0) is 53.2 Å². The quantitative estimate of drug-likeness (QED) is 0.567. The minimum atomic E-state index is -4.46. The number of piperazine rings is 1. The predicted octanol–water partition coefficient (Wildman–Crippen LogP) is 4.25. The molecular weight excluding hydrogens is 495 g/mol. The van der Waals surface area contributed by atoms with Crippen LogP contribution in [0.2, 0.25) is 0 Å². The molecule has 4 amide bonds. The minimum absolute atomic E-state index is 0.0183. The fourth-order valence-corrected chi connectivity index (χ4v) is 4.74. The van der Waals surface area contributed by atoms with Crippen molar-refractivity contribution in [2.45, 2.75) is 19.6 Å². The van der Waals surface area contributed by atoms with Crippen molar-refractivity contribution >= 4 is 40.8 Å². The Morgan fingerprint density at radius 1 is 0.917 bits per heavy atom. The van der Waals surface area contributed by atoms with E-state index in [9.17, 15) is 32.3 Å². The molecule has 36 heavy (non-hydrogen) atoms. The number of hydrogen-bond donors (Lipinski definition) is 0. The number of nitrogens with zero attached hydrogens (tertiary/aromatic N) is 3. The molecule has 2 aliphatic heterocycles. The zero-order chi connectivity index (χ0) is 26.0. The lowest BCUT2D eigenvalue weighted by atomic mass is 10.1. The van der Waals surface area contributed by atoms with Gasteiger partial charge in [0.25, 0.3) is 17.1 Å². The molecule has 11 heteroatoms. The van der Waals surface area contributed by atoms with Crippen molar-refractivity contribution in [3.63, 3.8) is 0 Å². The number of thioether (sulfide) groups is 1. The third-order valence-electron chi connectivity index (χ3n) is 5.96.